The van der Waals surface area contributed by atoms with E-state index in [9.17, 15) is 14.7 Å². The summed E-state index contributed by atoms with van der Waals surface area (Å²) in [7, 11) is 3.10. The number of carbonyl (C=O) groups excluding carboxylic acids is 1. The summed E-state index contributed by atoms with van der Waals surface area (Å²) < 4.78 is 9.78. The van der Waals surface area contributed by atoms with E-state index in [-0.39, 0.29) is 25.5 Å². The van der Waals surface area contributed by atoms with E-state index in [1.54, 1.807) is 31.3 Å². The molecule has 0 spiro atoms. The maximum atomic E-state index is 11.7. The third-order valence-electron chi connectivity index (χ3n) is 4.08. The molecule has 1 saturated heterocycles. The van der Waals surface area contributed by atoms with Crippen LogP contribution in [0.2, 0.25) is 0 Å². The summed E-state index contributed by atoms with van der Waals surface area (Å²) in [6.45, 7) is 0.193. The van der Waals surface area contributed by atoms with E-state index in [4.69, 9.17) is 25.4 Å². The Bertz CT molecular complexity index is 625. The molecule has 10 nitrogen and oxygen atoms in total. The van der Waals surface area contributed by atoms with Crippen LogP contribution in [-0.4, -0.2) is 72.4 Å². The molecule has 0 bridgehead atoms. The summed E-state index contributed by atoms with van der Waals surface area (Å²) in [4.78, 5) is 22.1. The largest absolute Gasteiger partial charge is 0.479 e. The third-order valence-corrected chi connectivity index (χ3v) is 4.08. The lowest BCUT2D eigenvalue weighted by Crippen LogP contribution is -2.43. The number of nitrogens with two attached hydrogens (primary N) is 1. The van der Waals surface area contributed by atoms with Crippen molar-refractivity contribution in [3.63, 3.8) is 0 Å². The Hall–Kier alpha value is -2.08. The van der Waals surface area contributed by atoms with Gasteiger partial charge in [-0.2, -0.15) is 0 Å². The fourth-order valence-electron chi connectivity index (χ4n) is 2.50. The molecule has 10 heteroatoms. The van der Waals surface area contributed by atoms with Crippen molar-refractivity contribution in [1.29, 1.82) is 0 Å². The second-order valence-electron chi connectivity index (χ2n) is 6.18. The SMILES string of the molecule is CNC(CN)C(=O)Nc1cccc(CO)c1.COC1CC(O)C[C@@H](C(=O)O)O1. The van der Waals surface area contributed by atoms with Crippen LogP contribution in [0, 0.1) is 0 Å². The first-order valence-electron chi connectivity index (χ1n) is 8.81. The van der Waals surface area contributed by atoms with E-state index in [1.807, 2.05) is 0 Å². The number of amides is 1. The van der Waals surface area contributed by atoms with Crippen molar-refractivity contribution in [1.82, 2.24) is 5.32 Å². The van der Waals surface area contributed by atoms with Crippen LogP contribution in [0.25, 0.3) is 0 Å². The van der Waals surface area contributed by atoms with Crippen LogP contribution in [0.15, 0.2) is 24.3 Å². The van der Waals surface area contributed by atoms with E-state index in [0.717, 1.165) is 5.56 Å². The molecule has 4 atom stereocenters. The second kappa shape index (κ2) is 12.4. The lowest BCUT2D eigenvalue weighted by Gasteiger charge is -2.29. The summed E-state index contributed by atoms with van der Waals surface area (Å²) in [6.07, 6.45) is -1.73. The molecule has 1 aromatic rings. The fraction of sp³-hybridized carbons (Fsp3) is 0.556. The quantitative estimate of drug-likeness (QED) is 0.346. The van der Waals surface area contributed by atoms with E-state index >= 15 is 0 Å². The normalized spacial score (nSPS) is 22.5. The highest BCUT2D eigenvalue weighted by Gasteiger charge is 2.32. The highest BCUT2D eigenvalue weighted by molar-refractivity contribution is 5.95. The molecule has 0 saturated carbocycles. The lowest BCUT2D eigenvalue weighted by atomic mass is 10.1. The minimum atomic E-state index is -1.06. The molecular weight excluding hydrogens is 370 g/mol. The van der Waals surface area contributed by atoms with Crippen LogP contribution < -0.4 is 16.4 Å². The minimum Gasteiger partial charge on any atom is -0.479 e. The fourth-order valence-corrected chi connectivity index (χ4v) is 2.50. The molecule has 1 fully saturated rings. The molecule has 0 radical (unpaired) electrons. The van der Waals surface area contributed by atoms with Gasteiger partial charge in [-0.05, 0) is 24.7 Å². The number of carbonyl (C=O) groups is 2. The predicted octanol–water partition coefficient (Wildman–Crippen LogP) is -0.752. The summed E-state index contributed by atoms with van der Waals surface area (Å²) >= 11 is 0. The van der Waals surface area contributed by atoms with Crippen molar-refractivity contribution in [3.8, 4) is 0 Å². The molecule has 1 aromatic carbocycles. The van der Waals surface area contributed by atoms with E-state index < -0.39 is 30.5 Å². The molecule has 28 heavy (non-hydrogen) atoms. The average Bonchev–Trinajstić information content (AvgIpc) is 2.69. The number of anilines is 1. The first-order chi connectivity index (χ1) is 13.3. The Morgan fingerprint density at radius 1 is 1.39 bits per heavy atom. The van der Waals surface area contributed by atoms with Crippen molar-refractivity contribution < 1.29 is 34.4 Å². The van der Waals surface area contributed by atoms with Gasteiger partial charge in [0.15, 0.2) is 12.4 Å². The molecule has 1 aliphatic rings. The van der Waals surface area contributed by atoms with Crippen LogP contribution in [0.1, 0.15) is 18.4 Å². The number of benzene rings is 1. The van der Waals surface area contributed by atoms with Crippen molar-refractivity contribution in [2.45, 2.75) is 44.0 Å². The van der Waals surface area contributed by atoms with Gasteiger partial charge in [0.05, 0.1) is 18.8 Å². The molecular formula is C18H29N3O7. The van der Waals surface area contributed by atoms with Crippen LogP contribution in [0.4, 0.5) is 5.69 Å². The molecule has 7 N–H and O–H groups in total. The van der Waals surface area contributed by atoms with Crippen LogP contribution in [0.5, 0.6) is 0 Å². The maximum Gasteiger partial charge on any atom is 0.333 e. The smallest absolute Gasteiger partial charge is 0.333 e. The Morgan fingerprint density at radius 3 is 2.64 bits per heavy atom. The number of carboxylic acid groups (broad SMARTS) is 1. The van der Waals surface area contributed by atoms with Gasteiger partial charge in [-0.3, -0.25) is 4.79 Å². The second-order valence-corrected chi connectivity index (χ2v) is 6.18. The number of aliphatic carboxylic acids is 1. The van der Waals surface area contributed by atoms with Gasteiger partial charge in [0.2, 0.25) is 5.91 Å². The number of rotatable bonds is 7. The van der Waals surface area contributed by atoms with Gasteiger partial charge >= 0.3 is 5.97 Å². The number of carboxylic acids is 1. The molecule has 0 aliphatic carbocycles. The first kappa shape index (κ1) is 24.0. The van der Waals surface area contributed by atoms with Gasteiger partial charge in [-0.15, -0.1) is 0 Å². The van der Waals surface area contributed by atoms with Gasteiger partial charge in [0.1, 0.15) is 0 Å². The molecule has 158 valence electrons. The summed E-state index contributed by atoms with van der Waals surface area (Å²) in [5, 5.41) is 32.3. The Morgan fingerprint density at radius 2 is 2.11 bits per heavy atom. The van der Waals surface area contributed by atoms with Crippen LogP contribution >= 0.6 is 0 Å². The van der Waals surface area contributed by atoms with Crippen molar-refractivity contribution in [2.24, 2.45) is 5.73 Å². The van der Waals surface area contributed by atoms with Crippen molar-refractivity contribution >= 4 is 17.6 Å². The van der Waals surface area contributed by atoms with Crippen molar-refractivity contribution in [2.75, 3.05) is 26.0 Å². The number of aliphatic hydroxyl groups excluding tert-OH is 2. The highest BCUT2D eigenvalue weighted by atomic mass is 16.7. The first-order valence-corrected chi connectivity index (χ1v) is 8.81. The predicted molar refractivity (Wildman–Crippen MR) is 101 cm³/mol. The molecule has 1 heterocycles. The number of nitrogens with one attached hydrogen (secondary N) is 2. The molecule has 2 rings (SSSR count). The summed E-state index contributed by atoms with van der Waals surface area (Å²) in [5.74, 6) is -1.24. The number of hydrogen-bond acceptors (Lipinski definition) is 8. The highest BCUT2D eigenvalue weighted by Crippen LogP contribution is 2.20. The topological polar surface area (TPSA) is 163 Å². The molecule has 1 amide bonds. The maximum absolute atomic E-state index is 11.7. The summed E-state index contributed by atoms with van der Waals surface area (Å²) in [6, 6.07) is 6.64. The van der Waals surface area contributed by atoms with Crippen LogP contribution in [-0.2, 0) is 25.7 Å². The third kappa shape index (κ3) is 7.89. The number of methoxy groups -OCH3 is 1. The Balaban J connectivity index is 0.000000292. The summed E-state index contributed by atoms with van der Waals surface area (Å²) in [5.41, 5.74) is 6.84. The standard InChI is InChI=1S/C11H17N3O2.C7H12O5/c1-13-10(6-12)11(16)14-9-4-2-3-8(5-9)7-15;1-11-6-3-4(8)2-5(12-6)7(9)10/h2-5,10,13,15H,6-7,12H2,1H3,(H,14,16);4-6,8H,2-3H2,1H3,(H,9,10)/t;4?,5-,6?/m.0/s1. The van der Waals surface area contributed by atoms with E-state index in [1.165, 1.54) is 7.11 Å². The number of hydrogen-bond donors (Lipinski definition) is 6. The Kier molecular flexibility index (Phi) is 10.6. The monoisotopic (exact) mass is 399 g/mol. The zero-order valence-electron chi connectivity index (χ0n) is 16.0. The molecule has 3 unspecified atom stereocenters. The molecule has 1 aliphatic heterocycles. The zero-order chi connectivity index (χ0) is 21.1. The average molecular weight is 399 g/mol. The minimum absolute atomic E-state index is 0.0456. The van der Waals surface area contributed by atoms with Crippen LogP contribution in [0.3, 0.4) is 0 Å². The molecule has 0 aromatic heterocycles. The van der Waals surface area contributed by atoms with E-state index in [2.05, 4.69) is 10.6 Å². The van der Waals surface area contributed by atoms with E-state index in [0.29, 0.717) is 12.1 Å². The number of aliphatic hydroxyl groups is 2. The van der Waals surface area contributed by atoms with Gasteiger partial charge < -0.3 is 41.2 Å². The van der Waals surface area contributed by atoms with Gasteiger partial charge in [0.25, 0.3) is 0 Å². The number of ether oxygens (including phenoxy) is 2. The van der Waals surface area contributed by atoms with Gasteiger partial charge in [-0.1, -0.05) is 12.1 Å². The zero-order valence-corrected chi connectivity index (χ0v) is 16.0. The lowest BCUT2D eigenvalue weighted by molar-refractivity contribution is -0.213. The van der Waals surface area contributed by atoms with Crippen molar-refractivity contribution in [3.05, 3.63) is 29.8 Å². The Labute approximate surface area is 163 Å². The van der Waals surface area contributed by atoms with Gasteiger partial charge in [-0.25, -0.2) is 4.79 Å². The van der Waals surface area contributed by atoms with Gasteiger partial charge in [0, 0.05) is 32.2 Å². The number of likely N-dealkylation sites (N-methyl/N-ethyl adjacent to an activating group) is 1.